The van der Waals surface area contributed by atoms with Crippen molar-refractivity contribution in [3.05, 3.63) is 35.8 Å². The minimum Gasteiger partial charge on any atom is -0.497 e. The van der Waals surface area contributed by atoms with Crippen LogP contribution in [-0.4, -0.2) is 24.2 Å². The van der Waals surface area contributed by atoms with Crippen LogP contribution in [0, 0.1) is 13.8 Å². The Labute approximate surface area is 107 Å². The minimum atomic E-state index is 0.741. The number of hydrogen-bond acceptors (Lipinski definition) is 4. The van der Waals surface area contributed by atoms with Crippen molar-refractivity contribution in [1.29, 1.82) is 0 Å². The Balaban J connectivity index is 2.63. The number of ether oxygens (including phenoxy) is 2. The van der Waals surface area contributed by atoms with Crippen molar-refractivity contribution in [2.24, 2.45) is 0 Å². The molecule has 0 radical (unpaired) electrons. The van der Waals surface area contributed by atoms with E-state index in [1.54, 1.807) is 20.4 Å². The van der Waals surface area contributed by atoms with Crippen molar-refractivity contribution in [3.8, 4) is 22.8 Å². The van der Waals surface area contributed by atoms with Gasteiger partial charge < -0.3 is 9.47 Å². The van der Waals surface area contributed by atoms with Gasteiger partial charge in [-0.15, -0.1) is 0 Å². The lowest BCUT2D eigenvalue weighted by atomic mass is 10.0. The van der Waals surface area contributed by atoms with Gasteiger partial charge in [0.25, 0.3) is 0 Å². The van der Waals surface area contributed by atoms with Crippen molar-refractivity contribution in [1.82, 2.24) is 9.97 Å². The van der Waals surface area contributed by atoms with E-state index >= 15 is 0 Å². The molecule has 0 saturated heterocycles. The summed E-state index contributed by atoms with van der Waals surface area (Å²) in [6.07, 6.45) is 1.75. The van der Waals surface area contributed by atoms with E-state index in [0.29, 0.717) is 0 Å². The Morgan fingerprint density at radius 2 is 1.83 bits per heavy atom. The van der Waals surface area contributed by atoms with Crippen LogP contribution < -0.4 is 9.47 Å². The second kappa shape index (κ2) is 5.04. The number of benzene rings is 1. The van der Waals surface area contributed by atoms with Gasteiger partial charge in [-0.05, 0) is 31.5 Å². The third-order valence-electron chi connectivity index (χ3n) is 2.76. The van der Waals surface area contributed by atoms with Crippen LogP contribution in [0.5, 0.6) is 11.5 Å². The number of aryl methyl sites for hydroxylation is 2. The maximum absolute atomic E-state index is 5.42. The molecule has 0 N–H and O–H groups in total. The molecule has 0 fully saturated rings. The fourth-order valence-electron chi connectivity index (χ4n) is 1.93. The monoisotopic (exact) mass is 244 g/mol. The first-order valence-electron chi connectivity index (χ1n) is 5.68. The summed E-state index contributed by atoms with van der Waals surface area (Å²) in [4.78, 5) is 8.54. The molecule has 0 bridgehead atoms. The van der Waals surface area contributed by atoms with E-state index in [2.05, 4.69) is 9.97 Å². The molecule has 0 spiro atoms. The summed E-state index contributed by atoms with van der Waals surface area (Å²) in [5, 5.41) is 0. The van der Waals surface area contributed by atoms with Gasteiger partial charge in [0.1, 0.15) is 17.3 Å². The first-order valence-corrected chi connectivity index (χ1v) is 5.68. The minimum absolute atomic E-state index is 0.741. The highest BCUT2D eigenvalue weighted by Crippen LogP contribution is 2.35. The second-order valence-corrected chi connectivity index (χ2v) is 4.01. The molecule has 18 heavy (non-hydrogen) atoms. The molecule has 0 aliphatic heterocycles. The molecule has 4 heteroatoms. The molecule has 0 aliphatic carbocycles. The Bertz CT molecular complexity index is 568. The molecule has 0 atom stereocenters. The standard InChI is InChI=1S/C14H16N2O2/c1-9-7-11(17-3)8-13(18-4)14(9)12-5-6-15-10(2)16-12/h5-8H,1-4H3. The summed E-state index contributed by atoms with van der Waals surface area (Å²) >= 11 is 0. The molecular formula is C14H16N2O2. The van der Waals surface area contributed by atoms with Gasteiger partial charge in [-0.3, -0.25) is 0 Å². The number of rotatable bonds is 3. The number of methoxy groups -OCH3 is 2. The zero-order chi connectivity index (χ0) is 13.1. The highest BCUT2D eigenvalue weighted by atomic mass is 16.5. The van der Waals surface area contributed by atoms with Crippen LogP contribution in [0.4, 0.5) is 0 Å². The Hall–Kier alpha value is -2.10. The summed E-state index contributed by atoms with van der Waals surface area (Å²) in [5.74, 6) is 2.27. The molecule has 1 aromatic carbocycles. The summed E-state index contributed by atoms with van der Waals surface area (Å²) in [7, 11) is 3.29. The second-order valence-electron chi connectivity index (χ2n) is 4.01. The average molecular weight is 244 g/mol. The Morgan fingerprint density at radius 3 is 2.44 bits per heavy atom. The van der Waals surface area contributed by atoms with E-state index in [1.807, 2.05) is 32.0 Å². The topological polar surface area (TPSA) is 44.2 Å². The Kier molecular flexibility index (Phi) is 3.46. The molecule has 2 rings (SSSR count). The first kappa shape index (κ1) is 12.4. The van der Waals surface area contributed by atoms with E-state index in [4.69, 9.17) is 9.47 Å². The van der Waals surface area contributed by atoms with Crippen LogP contribution in [0.25, 0.3) is 11.3 Å². The molecular weight excluding hydrogens is 228 g/mol. The van der Waals surface area contributed by atoms with Crippen molar-refractivity contribution in [3.63, 3.8) is 0 Å². The molecule has 0 unspecified atom stereocenters. The van der Waals surface area contributed by atoms with Crippen LogP contribution in [0.2, 0.25) is 0 Å². The zero-order valence-electron chi connectivity index (χ0n) is 11.0. The summed E-state index contributed by atoms with van der Waals surface area (Å²) in [5.41, 5.74) is 2.90. The molecule has 4 nitrogen and oxygen atoms in total. The van der Waals surface area contributed by atoms with Gasteiger partial charge in [-0.25, -0.2) is 9.97 Å². The maximum atomic E-state index is 5.42. The van der Waals surface area contributed by atoms with Gasteiger partial charge in [0.05, 0.1) is 19.9 Å². The van der Waals surface area contributed by atoms with E-state index in [-0.39, 0.29) is 0 Å². The van der Waals surface area contributed by atoms with E-state index in [0.717, 1.165) is 34.1 Å². The number of nitrogens with zero attached hydrogens (tertiary/aromatic N) is 2. The third-order valence-corrected chi connectivity index (χ3v) is 2.76. The molecule has 2 aromatic rings. The predicted octanol–water partition coefficient (Wildman–Crippen LogP) is 2.78. The van der Waals surface area contributed by atoms with Crippen LogP contribution in [-0.2, 0) is 0 Å². The van der Waals surface area contributed by atoms with Crippen molar-refractivity contribution in [2.45, 2.75) is 13.8 Å². The predicted molar refractivity (Wildman–Crippen MR) is 70.0 cm³/mol. The molecule has 94 valence electrons. The van der Waals surface area contributed by atoms with Crippen LogP contribution in [0.3, 0.4) is 0 Å². The highest BCUT2D eigenvalue weighted by Gasteiger charge is 2.13. The highest BCUT2D eigenvalue weighted by molar-refractivity contribution is 5.72. The first-order chi connectivity index (χ1) is 8.65. The van der Waals surface area contributed by atoms with Crippen molar-refractivity contribution < 1.29 is 9.47 Å². The fourth-order valence-corrected chi connectivity index (χ4v) is 1.93. The Morgan fingerprint density at radius 1 is 1.06 bits per heavy atom. The SMILES string of the molecule is COc1cc(C)c(-c2ccnc(C)n2)c(OC)c1. The van der Waals surface area contributed by atoms with Crippen LogP contribution >= 0.6 is 0 Å². The molecule has 0 aliphatic rings. The smallest absolute Gasteiger partial charge is 0.132 e. The van der Waals surface area contributed by atoms with E-state index < -0.39 is 0 Å². The summed E-state index contributed by atoms with van der Waals surface area (Å²) < 4.78 is 10.7. The quantitative estimate of drug-likeness (QED) is 0.832. The summed E-state index contributed by atoms with van der Waals surface area (Å²) in [6, 6.07) is 5.71. The van der Waals surface area contributed by atoms with Gasteiger partial charge >= 0.3 is 0 Å². The van der Waals surface area contributed by atoms with Gasteiger partial charge in [-0.2, -0.15) is 0 Å². The summed E-state index contributed by atoms with van der Waals surface area (Å²) in [6.45, 7) is 3.88. The lowest BCUT2D eigenvalue weighted by molar-refractivity contribution is 0.395. The van der Waals surface area contributed by atoms with Gasteiger partial charge in [-0.1, -0.05) is 0 Å². The van der Waals surface area contributed by atoms with Gasteiger partial charge in [0.15, 0.2) is 0 Å². The molecule has 0 amide bonds. The molecule has 1 aromatic heterocycles. The van der Waals surface area contributed by atoms with E-state index in [1.165, 1.54) is 0 Å². The number of hydrogen-bond donors (Lipinski definition) is 0. The normalized spacial score (nSPS) is 10.2. The van der Waals surface area contributed by atoms with E-state index in [9.17, 15) is 0 Å². The third kappa shape index (κ3) is 2.27. The lowest BCUT2D eigenvalue weighted by Gasteiger charge is -2.13. The lowest BCUT2D eigenvalue weighted by Crippen LogP contribution is -1.97. The fraction of sp³-hybridized carbons (Fsp3) is 0.286. The van der Waals surface area contributed by atoms with Gasteiger partial charge in [0.2, 0.25) is 0 Å². The zero-order valence-corrected chi connectivity index (χ0v) is 11.0. The molecule has 1 heterocycles. The average Bonchev–Trinajstić information content (AvgIpc) is 2.37. The van der Waals surface area contributed by atoms with Gasteiger partial charge in [0, 0.05) is 17.8 Å². The van der Waals surface area contributed by atoms with Crippen LogP contribution in [0.1, 0.15) is 11.4 Å². The van der Waals surface area contributed by atoms with Crippen molar-refractivity contribution in [2.75, 3.05) is 14.2 Å². The van der Waals surface area contributed by atoms with Crippen molar-refractivity contribution >= 4 is 0 Å². The largest absolute Gasteiger partial charge is 0.497 e. The maximum Gasteiger partial charge on any atom is 0.132 e. The number of aromatic nitrogens is 2. The molecule has 0 saturated carbocycles. The van der Waals surface area contributed by atoms with Crippen LogP contribution in [0.15, 0.2) is 24.4 Å².